The molecule has 3 N–H and O–H groups in total. The lowest BCUT2D eigenvalue weighted by Gasteiger charge is -2.14. The Morgan fingerprint density at radius 2 is 1.93 bits per heavy atom. The molecule has 84 valence electrons. The van der Waals surface area contributed by atoms with E-state index in [9.17, 15) is 8.78 Å². The van der Waals surface area contributed by atoms with Crippen molar-refractivity contribution in [1.29, 1.82) is 0 Å². The lowest BCUT2D eigenvalue weighted by Crippen LogP contribution is -2.27. The average Bonchev–Trinajstić information content (AvgIpc) is 2.21. The van der Waals surface area contributed by atoms with E-state index < -0.39 is 6.61 Å². The number of hydrogen-bond acceptors (Lipinski definition) is 3. The third-order valence-electron chi connectivity index (χ3n) is 2.12. The van der Waals surface area contributed by atoms with E-state index in [1.165, 1.54) is 12.1 Å². The van der Waals surface area contributed by atoms with Gasteiger partial charge in [0.25, 0.3) is 0 Å². The summed E-state index contributed by atoms with van der Waals surface area (Å²) in [6, 6.07) is 6.46. The van der Waals surface area contributed by atoms with Crippen molar-refractivity contribution in [2.75, 3.05) is 0 Å². The van der Waals surface area contributed by atoms with Crippen molar-refractivity contribution in [1.82, 2.24) is 5.43 Å². The predicted molar refractivity (Wildman–Crippen MR) is 53.4 cm³/mol. The van der Waals surface area contributed by atoms with Gasteiger partial charge in [0.1, 0.15) is 5.75 Å². The Morgan fingerprint density at radius 1 is 1.33 bits per heavy atom. The van der Waals surface area contributed by atoms with Gasteiger partial charge in [0.05, 0.1) is 0 Å². The van der Waals surface area contributed by atoms with Crippen LogP contribution in [0.2, 0.25) is 0 Å². The standard InChI is InChI=1S/C10H14F2N2O/c1-2-9(14-13)7-3-5-8(6-4-7)15-10(11)12/h3-6,9-10,14H,2,13H2,1H3. The number of ether oxygens (including phenoxy) is 1. The highest BCUT2D eigenvalue weighted by atomic mass is 19.3. The van der Waals surface area contributed by atoms with Gasteiger partial charge in [-0.1, -0.05) is 19.1 Å². The first-order chi connectivity index (χ1) is 7.17. The van der Waals surface area contributed by atoms with Crippen LogP contribution < -0.4 is 16.0 Å². The van der Waals surface area contributed by atoms with E-state index in [0.717, 1.165) is 12.0 Å². The van der Waals surface area contributed by atoms with Crippen LogP contribution in [0.1, 0.15) is 24.9 Å². The first kappa shape index (κ1) is 11.9. The third-order valence-corrected chi connectivity index (χ3v) is 2.12. The van der Waals surface area contributed by atoms with E-state index in [1.807, 2.05) is 6.92 Å². The topological polar surface area (TPSA) is 47.3 Å². The molecule has 0 radical (unpaired) electrons. The Bertz CT molecular complexity index is 286. The summed E-state index contributed by atoms with van der Waals surface area (Å²) in [5.74, 6) is 5.49. The molecule has 1 rings (SSSR count). The summed E-state index contributed by atoms with van der Waals surface area (Å²) in [5, 5.41) is 0. The van der Waals surface area contributed by atoms with Crippen molar-refractivity contribution in [3.8, 4) is 5.75 Å². The van der Waals surface area contributed by atoms with Crippen LogP contribution in [0.4, 0.5) is 8.78 Å². The van der Waals surface area contributed by atoms with Gasteiger partial charge < -0.3 is 4.74 Å². The molecule has 0 saturated heterocycles. The van der Waals surface area contributed by atoms with Gasteiger partial charge in [-0.05, 0) is 24.1 Å². The summed E-state index contributed by atoms with van der Waals surface area (Å²) in [6.45, 7) is -0.806. The molecule has 0 aliphatic carbocycles. The minimum absolute atomic E-state index is 0.0330. The highest BCUT2D eigenvalue weighted by Gasteiger charge is 2.08. The molecule has 5 heteroatoms. The van der Waals surface area contributed by atoms with E-state index in [1.54, 1.807) is 12.1 Å². The predicted octanol–water partition coefficient (Wildman–Crippen LogP) is 2.20. The molecule has 0 aliphatic heterocycles. The van der Waals surface area contributed by atoms with Crippen molar-refractivity contribution < 1.29 is 13.5 Å². The Labute approximate surface area is 87.2 Å². The summed E-state index contributed by atoms with van der Waals surface area (Å²) in [6.07, 6.45) is 0.825. The average molecular weight is 216 g/mol. The van der Waals surface area contributed by atoms with Crippen molar-refractivity contribution >= 4 is 0 Å². The maximum atomic E-state index is 11.9. The fourth-order valence-corrected chi connectivity index (χ4v) is 1.33. The van der Waals surface area contributed by atoms with Crippen LogP contribution in [-0.4, -0.2) is 6.61 Å². The van der Waals surface area contributed by atoms with Gasteiger partial charge in [0.2, 0.25) is 0 Å². The van der Waals surface area contributed by atoms with Crippen molar-refractivity contribution in [2.45, 2.75) is 26.0 Å². The second-order valence-electron chi connectivity index (χ2n) is 3.08. The van der Waals surface area contributed by atoms with Gasteiger partial charge in [0.15, 0.2) is 0 Å². The minimum atomic E-state index is -2.79. The van der Waals surface area contributed by atoms with Crippen LogP contribution >= 0.6 is 0 Å². The first-order valence-electron chi connectivity index (χ1n) is 4.68. The Kier molecular flexibility index (Phi) is 4.45. The number of rotatable bonds is 5. The van der Waals surface area contributed by atoms with Gasteiger partial charge in [0, 0.05) is 6.04 Å². The first-order valence-corrected chi connectivity index (χ1v) is 4.68. The Hall–Kier alpha value is -1.20. The summed E-state index contributed by atoms with van der Waals surface area (Å²) < 4.78 is 27.9. The second-order valence-corrected chi connectivity index (χ2v) is 3.08. The van der Waals surface area contributed by atoms with Gasteiger partial charge in [-0.25, -0.2) is 0 Å². The molecular formula is C10H14F2N2O. The summed E-state index contributed by atoms with van der Waals surface area (Å²) in [7, 11) is 0. The van der Waals surface area contributed by atoms with Crippen molar-refractivity contribution in [2.24, 2.45) is 5.84 Å². The van der Waals surface area contributed by atoms with Crippen LogP contribution in [0.15, 0.2) is 24.3 Å². The van der Waals surface area contributed by atoms with E-state index in [0.29, 0.717) is 0 Å². The smallest absolute Gasteiger partial charge is 0.387 e. The zero-order valence-electron chi connectivity index (χ0n) is 8.41. The summed E-state index contributed by atoms with van der Waals surface area (Å²) >= 11 is 0. The number of nitrogens with one attached hydrogen (secondary N) is 1. The molecule has 0 saturated carbocycles. The number of hydrazine groups is 1. The highest BCUT2D eigenvalue weighted by Crippen LogP contribution is 2.20. The van der Waals surface area contributed by atoms with Crippen LogP contribution in [0.25, 0.3) is 0 Å². The zero-order valence-corrected chi connectivity index (χ0v) is 8.41. The van der Waals surface area contributed by atoms with E-state index in [-0.39, 0.29) is 11.8 Å². The number of hydrogen-bond donors (Lipinski definition) is 2. The van der Waals surface area contributed by atoms with Crippen LogP contribution in [0.5, 0.6) is 5.75 Å². The lowest BCUT2D eigenvalue weighted by atomic mass is 10.1. The molecule has 0 fully saturated rings. The molecule has 1 atom stereocenters. The molecule has 0 heterocycles. The van der Waals surface area contributed by atoms with Crippen molar-refractivity contribution in [3.05, 3.63) is 29.8 Å². The fourth-order valence-electron chi connectivity index (χ4n) is 1.33. The molecule has 1 aromatic carbocycles. The number of benzene rings is 1. The number of halogens is 2. The van der Waals surface area contributed by atoms with E-state index in [4.69, 9.17) is 5.84 Å². The minimum Gasteiger partial charge on any atom is -0.435 e. The number of nitrogens with two attached hydrogens (primary N) is 1. The maximum Gasteiger partial charge on any atom is 0.387 e. The molecule has 0 amide bonds. The summed E-state index contributed by atoms with van der Waals surface area (Å²) in [4.78, 5) is 0. The largest absolute Gasteiger partial charge is 0.435 e. The highest BCUT2D eigenvalue weighted by molar-refractivity contribution is 5.29. The normalized spacial score (nSPS) is 12.9. The van der Waals surface area contributed by atoms with E-state index in [2.05, 4.69) is 10.2 Å². The van der Waals surface area contributed by atoms with Gasteiger partial charge in [-0.3, -0.25) is 11.3 Å². The van der Waals surface area contributed by atoms with Gasteiger partial charge in [-0.2, -0.15) is 8.78 Å². The van der Waals surface area contributed by atoms with Crippen LogP contribution in [0, 0.1) is 0 Å². The molecule has 0 aliphatic rings. The van der Waals surface area contributed by atoms with Gasteiger partial charge in [-0.15, -0.1) is 0 Å². The molecule has 0 aromatic heterocycles. The molecule has 1 aromatic rings. The molecule has 1 unspecified atom stereocenters. The Morgan fingerprint density at radius 3 is 2.33 bits per heavy atom. The molecule has 0 bridgehead atoms. The van der Waals surface area contributed by atoms with Crippen LogP contribution in [-0.2, 0) is 0 Å². The third kappa shape index (κ3) is 3.45. The molecule has 0 spiro atoms. The Balaban J connectivity index is 2.71. The number of alkyl halides is 2. The second kappa shape index (κ2) is 5.63. The summed E-state index contributed by atoms with van der Waals surface area (Å²) in [5.41, 5.74) is 3.59. The van der Waals surface area contributed by atoms with E-state index >= 15 is 0 Å². The van der Waals surface area contributed by atoms with Crippen molar-refractivity contribution in [3.63, 3.8) is 0 Å². The SMILES string of the molecule is CCC(NN)c1ccc(OC(F)F)cc1. The quantitative estimate of drug-likeness (QED) is 0.586. The lowest BCUT2D eigenvalue weighted by molar-refractivity contribution is -0.0498. The fraction of sp³-hybridized carbons (Fsp3) is 0.400. The zero-order chi connectivity index (χ0) is 11.3. The molecule has 15 heavy (non-hydrogen) atoms. The van der Waals surface area contributed by atoms with Crippen LogP contribution in [0.3, 0.4) is 0 Å². The van der Waals surface area contributed by atoms with Gasteiger partial charge >= 0.3 is 6.61 Å². The monoisotopic (exact) mass is 216 g/mol. The molecular weight excluding hydrogens is 202 g/mol. The molecule has 3 nitrogen and oxygen atoms in total. The maximum absolute atomic E-state index is 11.9.